The summed E-state index contributed by atoms with van der Waals surface area (Å²) >= 11 is 0. The summed E-state index contributed by atoms with van der Waals surface area (Å²) < 4.78 is 2.48. The molecule has 0 N–H and O–H groups in total. The number of pyridine rings is 1. The zero-order valence-corrected chi connectivity index (χ0v) is 19.6. The van der Waals surface area contributed by atoms with Crippen LogP contribution < -0.4 is 4.90 Å². The Labute approximate surface area is 191 Å². The minimum atomic E-state index is 0. The number of hydrogen-bond donors (Lipinski definition) is 0. The molecule has 0 aliphatic carbocycles. The molecule has 2 aromatic heterocycles. The fourth-order valence-corrected chi connectivity index (χ4v) is 4.87. The maximum atomic E-state index is 4.79. The van der Waals surface area contributed by atoms with Gasteiger partial charge in [-0.15, -0.1) is 12.4 Å². The average Bonchev–Trinajstić information content (AvgIpc) is 3.00. The fraction of sp³-hybridized carbons (Fsp3) is 0.296. The van der Waals surface area contributed by atoms with E-state index in [0.29, 0.717) is 0 Å². The minimum absolute atomic E-state index is 0. The summed E-state index contributed by atoms with van der Waals surface area (Å²) in [5, 5.41) is 0. The molecule has 0 fully saturated rings. The molecule has 3 nitrogen and oxygen atoms in total. The first-order valence-electron chi connectivity index (χ1n) is 10.8. The van der Waals surface area contributed by atoms with E-state index in [9.17, 15) is 0 Å². The van der Waals surface area contributed by atoms with E-state index in [-0.39, 0.29) is 12.4 Å². The summed E-state index contributed by atoms with van der Waals surface area (Å²) in [7, 11) is 0. The first kappa shape index (κ1) is 21.5. The van der Waals surface area contributed by atoms with Crippen molar-refractivity contribution < 1.29 is 0 Å². The third kappa shape index (κ3) is 3.72. The highest BCUT2D eigenvalue weighted by atomic mass is 35.5. The van der Waals surface area contributed by atoms with Gasteiger partial charge in [0.15, 0.2) is 0 Å². The smallest absolute Gasteiger partial charge is 0.0934 e. The van der Waals surface area contributed by atoms with Crippen molar-refractivity contribution in [3.8, 4) is 0 Å². The molecule has 31 heavy (non-hydrogen) atoms. The molecule has 0 unspecified atom stereocenters. The summed E-state index contributed by atoms with van der Waals surface area (Å²) in [5.74, 6) is 0. The lowest BCUT2D eigenvalue weighted by atomic mass is 9.99. The topological polar surface area (TPSA) is 21.1 Å². The summed E-state index contributed by atoms with van der Waals surface area (Å²) in [6, 6.07) is 17.8. The highest BCUT2D eigenvalue weighted by molar-refractivity contribution is 5.92. The molecule has 1 aliphatic rings. The minimum Gasteiger partial charge on any atom is -0.365 e. The molecule has 1 aliphatic heterocycles. The Balaban J connectivity index is 0.00000231. The van der Waals surface area contributed by atoms with Gasteiger partial charge in [0.1, 0.15) is 0 Å². The van der Waals surface area contributed by atoms with Crippen molar-refractivity contribution in [1.29, 1.82) is 0 Å². The largest absolute Gasteiger partial charge is 0.365 e. The van der Waals surface area contributed by atoms with Gasteiger partial charge in [-0.3, -0.25) is 4.98 Å². The van der Waals surface area contributed by atoms with E-state index in [1.807, 2.05) is 6.20 Å². The molecule has 4 heteroatoms. The van der Waals surface area contributed by atoms with Gasteiger partial charge in [0.2, 0.25) is 0 Å². The molecular weight excluding hydrogens is 402 g/mol. The molecule has 0 bridgehead atoms. The summed E-state index contributed by atoms with van der Waals surface area (Å²) in [6.07, 6.45) is 3.07. The number of nitrogens with zero attached hydrogens (tertiary/aromatic N) is 3. The molecule has 0 radical (unpaired) electrons. The summed E-state index contributed by atoms with van der Waals surface area (Å²) in [5.41, 5.74) is 13.3. The van der Waals surface area contributed by atoms with Gasteiger partial charge >= 0.3 is 0 Å². The highest BCUT2D eigenvalue weighted by Crippen LogP contribution is 2.34. The highest BCUT2D eigenvalue weighted by Gasteiger charge is 2.22. The van der Waals surface area contributed by atoms with Gasteiger partial charge in [-0.2, -0.15) is 0 Å². The van der Waals surface area contributed by atoms with Crippen LogP contribution >= 0.6 is 12.4 Å². The zero-order valence-electron chi connectivity index (χ0n) is 18.8. The van der Waals surface area contributed by atoms with Gasteiger partial charge in [-0.25, -0.2) is 0 Å². The van der Waals surface area contributed by atoms with Gasteiger partial charge in [-0.05, 0) is 68.0 Å². The van der Waals surface area contributed by atoms with Crippen molar-refractivity contribution in [3.05, 3.63) is 93.8 Å². The van der Waals surface area contributed by atoms with Crippen molar-refractivity contribution in [2.75, 3.05) is 11.4 Å². The van der Waals surface area contributed by atoms with Gasteiger partial charge in [0.25, 0.3) is 0 Å². The van der Waals surface area contributed by atoms with Gasteiger partial charge in [-0.1, -0.05) is 48.0 Å². The Hall–Kier alpha value is -2.78. The second-order valence-corrected chi connectivity index (χ2v) is 8.69. The van der Waals surface area contributed by atoms with Gasteiger partial charge in [0, 0.05) is 31.5 Å². The van der Waals surface area contributed by atoms with Crippen molar-refractivity contribution in [2.24, 2.45) is 0 Å². The quantitative estimate of drug-likeness (QED) is 0.379. The van der Waals surface area contributed by atoms with Crippen molar-refractivity contribution >= 4 is 29.1 Å². The third-order valence-electron chi connectivity index (χ3n) is 6.77. The molecule has 5 rings (SSSR count). The Morgan fingerprint density at radius 1 is 0.935 bits per heavy atom. The monoisotopic (exact) mass is 431 g/mol. The number of aryl methyl sites for hydroxylation is 3. The van der Waals surface area contributed by atoms with E-state index in [4.69, 9.17) is 4.98 Å². The number of anilines is 1. The lowest BCUT2D eigenvalue weighted by Gasteiger charge is -2.31. The number of benzene rings is 2. The van der Waals surface area contributed by atoms with Crippen LogP contribution in [0.4, 0.5) is 5.69 Å². The van der Waals surface area contributed by atoms with E-state index in [1.165, 1.54) is 50.3 Å². The Bertz CT molecular complexity index is 1260. The van der Waals surface area contributed by atoms with Crippen LogP contribution in [0.25, 0.3) is 11.0 Å². The summed E-state index contributed by atoms with van der Waals surface area (Å²) in [6.45, 7) is 11.7. The van der Waals surface area contributed by atoms with Crippen LogP contribution in [0.5, 0.6) is 0 Å². The van der Waals surface area contributed by atoms with Crippen LogP contribution in [0.2, 0.25) is 0 Å². The fourth-order valence-electron chi connectivity index (χ4n) is 4.87. The maximum Gasteiger partial charge on any atom is 0.0934 e. The second-order valence-electron chi connectivity index (χ2n) is 8.69. The van der Waals surface area contributed by atoms with E-state index in [0.717, 1.165) is 31.6 Å². The van der Waals surface area contributed by atoms with Crippen LogP contribution in [0.15, 0.2) is 54.7 Å². The Morgan fingerprint density at radius 2 is 1.71 bits per heavy atom. The molecule has 0 saturated carbocycles. The SMILES string of the molecule is Cc1ccc(Cn2c(C)c(C)c3nccc(N4CCc5ccccc5C4)c32)c(C)c1.Cl. The zero-order chi connectivity index (χ0) is 20.8. The molecule has 3 heterocycles. The molecule has 0 amide bonds. The molecule has 0 spiro atoms. The van der Waals surface area contributed by atoms with Crippen LogP contribution in [0.1, 0.15) is 39.1 Å². The van der Waals surface area contributed by atoms with E-state index >= 15 is 0 Å². The van der Waals surface area contributed by atoms with Crippen LogP contribution in [-0.2, 0) is 19.5 Å². The molecule has 0 atom stereocenters. The Kier molecular flexibility index (Phi) is 5.81. The number of halogens is 1. The Morgan fingerprint density at radius 3 is 2.48 bits per heavy atom. The predicted octanol–water partition coefficient (Wildman–Crippen LogP) is 6.30. The lowest BCUT2D eigenvalue weighted by molar-refractivity contribution is 0.727. The number of rotatable bonds is 3. The normalized spacial score (nSPS) is 13.2. The molecular formula is C27H30ClN3. The van der Waals surface area contributed by atoms with Crippen LogP contribution in [-0.4, -0.2) is 16.1 Å². The first-order chi connectivity index (χ1) is 14.5. The van der Waals surface area contributed by atoms with Crippen LogP contribution in [0.3, 0.4) is 0 Å². The lowest BCUT2D eigenvalue weighted by Crippen LogP contribution is -2.30. The molecule has 2 aromatic carbocycles. The molecule has 4 aromatic rings. The second kappa shape index (κ2) is 8.39. The molecule has 0 saturated heterocycles. The van der Waals surface area contributed by atoms with E-state index < -0.39 is 0 Å². The number of fused-ring (bicyclic) bond motifs is 2. The molecule has 160 valence electrons. The third-order valence-corrected chi connectivity index (χ3v) is 6.77. The van der Waals surface area contributed by atoms with E-state index in [1.54, 1.807) is 0 Å². The van der Waals surface area contributed by atoms with Crippen molar-refractivity contribution in [3.63, 3.8) is 0 Å². The van der Waals surface area contributed by atoms with E-state index in [2.05, 4.69) is 85.7 Å². The van der Waals surface area contributed by atoms with Gasteiger partial charge < -0.3 is 9.47 Å². The first-order valence-corrected chi connectivity index (χ1v) is 10.8. The van der Waals surface area contributed by atoms with Crippen molar-refractivity contribution in [1.82, 2.24) is 9.55 Å². The van der Waals surface area contributed by atoms with Gasteiger partial charge in [0.05, 0.1) is 16.7 Å². The van der Waals surface area contributed by atoms with Crippen LogP contribution in [0, 0.1) is 27.7 Å². The predicted molar refractivity (Wildman–Crippen MR) is 133 cm³/mol. The average molecular weight is 432 g/mol. The maximum absolute atomic E-state index is 4.79. The number of aromatic nitrogens is 2. The summed E-state index contributed by atoms with van der Waals surface area (Å²) in [4.78, 5) is 7.32. The standard InChI is InChI=1S/C27H29N3.ClH/c1-18-9-10-23(19(2)15-18)17-30-21(4)20(3)26-27(30)25(11-13-28-26)29-14-12-22-7-5-6-8-24(22)16-29;/h5-11,13,15H,12,14,16-17H2,1-4H3;1H. The number of hydrogen-bond acceptors (Lipinski definition) is 2. The van der Waals surface area contributed by atoms with Crippen molar-refractivity contribution in [2.45, 2.75) is 47.2 Å².